The first-order valence-electron chi connectivity index (χ1n) is 9.24. The first-order chi connectivity index (χ1) is 14.5. The van der Waals surface area contributed by atoms with Crippen LogP contribution in [0, 0.1) is 10.1 Å². The van der Waals surface area contributed by atoms with Gasteiger partial charge in [0.1, 0.15) is 0 Å². The highest BCUT2D eigenvalue weighted by molar-refractivity contribution is 7.99. The molecule has 0 saturated carbocycles. The van der Waals surface area contributed by atoms with Crippen molar-refractivity contribution in [2.24, 2.45) is 0 Å². The van der Waals surface area contributed by atoms with Crippen LogP contribution in [0.4, 0.5) is 5.69 Å². The Morgan fingerprint density at radius 2 is 2.07 bits per heavy atom. The molecule has 0 fully saturated rings. The van der Waals surface area contributed by atoms with E-state index in [1.165, 1.54) is 24.9 Å². The predicted molar refractivity (Wildman–Crippen MR) is 115 cm³/mol. The van der Waals surface area contributed by atoms with Gasteiger partial charge in [-0.25, -0.2) is 4.98 Å². The molecule has 0 atom stereocenters. The number of amides is 1. The lowest BCUT2D eigenvalue weighted by Crippen LogP contribution is -2.24. The summed E-state index contributed by atoms with van der Waals surface area (Å²) in [5, 5.41) is 14.0. The van der Waals surface area contributed by atoms with E-state index < -0.39 is 4.92 Å². The number of imidazole rings is 1. The van der Waals surface area contributed by atoms with Gasteiger partial charge in [-0.15, -0.1) is 11.8 Å². The number of hydrogen-bond acceptors (Lipinski definition) is 6. The fraction of sp³-hybridized carbons (Fsp3) is 0.238. The van der Waals surface area contributed by atoms with Gasteiger partial charge in [0.05, 0.1) is 24.1 Å². The molecule has 0 aliphatic heterocycles. The molecule has 2 aromatic carbocycles. The minimum absolute atomic E-state index is 0.0735. The zero-order chi connectivity index (χ0) is 21.3. The maximum atomic E-state index is 12.2. The molecule has 1 aromatic heterocycles. The van der Waals surface area contributed by atoms with Gasteiger partial charge in [-0.3, -0.25) is 14.9 Å². The van der Waals surface area contributed by atoms with E-state index in [0.717, 1.165) is 23.2 Å². The second kappa shape index (κ2) is 10.4. The van der Waals surface area contributed by atoms with Crippen LogP contribution in [0.15, 0.2) is 61.2 Å². The lowest BCUT2D eigenvalue weighted by atomic mass is 10.1. The van der Waals surface area contributed by atoms with Crippen LogP contribution in [0.1, 0.15) is 16.7 Å². The fourth-order valence-corrected chi connectivity index (χ4v) is 3.72. The summed E-state index contributed by atoms with van der Waals surface area (Å²) in [7, 11) is 1.40. The van der Waals surface area contributed by atoms with Crippen molar-refractivity contribution in [3.63, 3.8) is 0 Å². The highest BCUT2D eigenvalue weighted by Crippen LogP contribution is 2.28. The number of nitro groups is 1. The van der Waals surface area contributed by atoms with Crippen molar-refractivity contribution in [1.29, 1.82) is 0 Å². The van der Waals surface area contributed by atoms with Crippen molar-refractivity contribution >= 4 is 23.4 Å². The summed E-state index contributed by atoms with van der Waals surface area (Å²) in [5.74, 6) is 0.914. The quantitative estimate of drug-likeness (QED) is 0.394. The predicted octanol–water partition coefficient (Wildman–Crippen LogP) is 3.40. The summed E-state index contributed by atoms with van der Waals surface area (Å²) < 4.78 is 6.98. The van der Waals surface area contributed by atoms with Crippen molar-refractivity contribution in [1.82, 2.24) is 14.9 Å². The molecule has 30 heavy (non-hydrogen) atoms. The normalized spacial score (nSPS) is 10.6. The maximum Gasteiger partial charge on any atom is 0.311 e. The summed E-state index contributed by atoms with van der Waals surface area (Å²) in [6.07, 6.45) is 5.41. The largest absolute Gasteiger partial charge is 0.490 e. The number of nitrogens with one attached hydrogen (secondary N) is 1. The third-order valence-corrected chi connectivity index (χ3v) is 5.35. The van der Waals surface area contributed by atoms with Crippen LogP contribution in [0.5, 0.6) is 5.75 Å². The highest BCUT2D eigenvalue weighted by atomic mass is 32.2. The number of ether oxygens (including phenoxy) is 1. The van der Waals surface area contributed by atoms with E-state index in [9.17, 15) is 14.9 Å². The molecule has 1 amide bonds. The van der Waals surface area contributed by atoms with Gasteiger partial charge in [-0.05, 0) is 22.8 Å². The number of hydrogen-bond donors (Lipinski definition) is 1. The Morgan fingerprint density at radius 3 is 2.80 bits per heavy atom. The van der Waals surface area contributed by atoms with Gasteiger partial charge in [0.15, 0.2) is 5.75 Å². The SMILES string of the molecule is COc1ccc(CSCC(=O)NCc2cccc(Cn3ccnc3)c2)cc1[N+](=O)[O-]. The molecule has 1 N–H and O–H groups in total. The van der Waals surface area contributed by atoms with Gasteiger partial charge >= 0.3 is 5.69 Å². The lowest BCUT2D eigenvalue weighted by Gasteiger charge is -2.08. The number of rotatable bonds is 10. The first-order valence-corrected chi connectivity index (χ1v) is 10.4. The minimum Gasteiger partial charge on any atom is -0.490 e. The molecule has 3 rings (SSSR count). The highest BCUT2D eigenvalue weighted by Gasteiger charge is 2.15. The number of benzene rings is 2. The third-order valence-electron chi connectivity index (χ3n) is 4.35. The molecule has 1 heterocycles. The summed E-state index contributed by atoms with van der Waals surface area (Å²) in [4.78, 5) is 26.8. The number of nitro benzene ring substituents is 1. The van der Waals surface area contributed by atoms with E-state index in [0.29, 0.717) is 12.3 Å². The number of thioether (sulfide) groups is 1. The molecule has 0 aliphatic carbocycles. The summed E-state index contributed by atoms with van der Waals surface area (Å²) in [6, 6.07) is 12.9. The van der Waals surface area contributed by atoms with Crippen LogP contribution in [0.2, 0.25) is 0 Å². The standard InChI is InChI=1S/C21H22N4O4S/c1-29-20-6-5-18(10-19(20)25(27)28)13-30-14-21(26)23-11-16-3-2-4-17(9-16)12-24-8-7-22-15-24/h2-10,15H,11-14H2,1H3,(H,23,26). The monoisotopic (exact) mass is 426 g/mol. The summed E-state index contributed by atoms with van der Waals surface area (Å²) >= 11 is 1.40. The van der Waals surface area contributed by atoms with E-state index in [1.807, 2.05) is 29.0 Å². The van der Waals surface area contributed by atoms with Crippen molar-refractivity contribution < 1.29 is 14.5 Å². The Kier molecular flexibility index (Phi) is 7.45. The Morgan fingerprint density at radius 1 is 1.23 bits per heavy atom. The zero-order valence-corrected chi connectivity index (χ0v) is 17.3. The van der Waals surface area contributed by atoms with Gasteiger partial charge < -0.3 is 14.6 Å². The van der Waals surface area contributed by atoms with Crippen LogP contribution in [-0.2, 0) is 23.6 Å². The molecule has 0 unspecified atom stereocenters. The molecule has 9 heteroatoms. The van der Waals surface area contributed by atoms with Crippen LogP contribution in [0.3, 0.4) is 0 Å². The van der Waals surface area contributed by atoms with Crippen molar-refractivity contribution in [3.8, 4) is 5.75 Å². The van der Waals surface area contributed by atoms with Crippen LogP contribution >= 0.6 is 11.8 Å². The van der Waals surface area contributed by atoms with Crippen LogP contribution in [-0.4, -0.2) is 33.2 Å². The second-order valence-electron chi connectivity index (χ2n) is 6.59. The molecule has 0 aliphatic rings. The number of nitrogens with zero attached hydrogens (tertiary/aromatic N) is 3. The van der Waals surface area contributed by atoms with Crippen LogP contribution in [0.25, 0.3) is 0 Å². The third kappa shape index (κ3) is 6.08. The molecule has 0 bridgehead atoms. The number of methoxy groups -OCH3 is 1. The number of carbonyl (C=O) groups excluding carboxylic acids is 1. The van der Waals surface area contributed by atoms with Crippen molar-refractivity contribution in [2.75, 3.05) is 12.9 Å². The maximum absolute atomic E-state index is 12.2. The number of aromatic nitrogens is 2. The molecule has 3 aromatic rings. The minimum atomic E-state index is -0.472. The number of carbonyl (C=O) groups is 1. The van der Waals surface area contributed by atoms with E-state index in [4.69, 9.17) is 4.74 Å². The Balaban J connectivity index is 1.45. The zero-order valence-electron chi connectivity index (χ0n) is 16.5. The molecule has 0 radical (unpaired) electrons. The lowest BCUT2D eigenvalue weighted by molar-refractivity contribution is -0.385. The summed E-state index contributed by atoms with van der Waals surface area (Å²) in [6.45, 7) is 1.18. The molecular formula is C21H22N4O4S. The summed E-state index contributed by atoms with van der Waals surface area (Å²) in [5.41, 5.74) is 2.86. The van der Waals surface area contributed by atoms with Gasteiger partial charge in [0.2, 0.25) is 5.91 Å². The molecule has 8 nitrogen and oxygen atoms in total. The van der Waals surface area contributed by atoms with Crippen molar-refractivity contribution in [3.05, 3.63) is 88.0 Å². The Bertz CT molecular complexity index is 1010. The van der Waals surface area contributed by atoms with E-state index in [2.05, 4.69) is 16.4 Å². The van der Waals surface area contributed by atoms with Gasteiger partial charge in [0, 0.05) is 37.3 Å². The van der Waals surface area contributed by atoms with Crippen molar-refractivity contribution in [2.45, 2.75) is 18.8 Å². The van der Waals surface area contributed by atoms with Gasteiger partial charge in [0.25, 0.3) is 0 Å². The first kappa shape index (κ1) is 21.4. The van der Waals surface area contributed by atoms with E-state index in [-0.39, 0.29) is 23.1 Å². The van der Waals surface area contributed by atoms with E-state index in [1.54, 1.807) is 24.7 Å². The molecule has 0 spiro atoms. The molecule has 156 valence electrons. The topological polar surface area (TPSA) is 99.3 Å². The molecule has 0 saturated heterocycles. The fourth-order valence-electron chi connectivity index (χ4n) is 2.91. The van der Waals surface area contributed by atoms with E-state index >= 15 is 0 Å². The van der Waals surface area contributed by atoms with Gasteiger partial charge in [-0.1, -0.05) is 30.3 Å². The average molecular weight is 426 g/mol. The average Bonchev–Trinajstić information content (AvgIpc) is 3.25. The Hall–Kier alpha value is -3.33. The van der Waals surface area contributed by atoms with Gasteiger partial charge in [-0.2, -0.15) is 0 Å². The smallest absolute Gasteiger partial charge is 0.311 e. The van der Waals surface area contributed by atoms with Crippen LogP contribution < -0.4 is 10.1 Å². The molecular weight excluding hydrogens is 404 g/mol. The Labute approximate surface area is 178 Å². The second-order valence-corrected chi connectivity index (χ2v) is 7.57.